The minimum absolute atomic E-state index is 0.137. The van der Waals surface area contributed by atoms with E-state index in [9.17, 15) is 4.79 Å². The lowest BCUT2D eigenvalue weighted by molar-refractivity contribution is -0.136. The number of carbonyl (C=O) groups is 1. The summed E-state index contributed by atoms with van der Waals surface area (Å²) >= 11 is 0. The average molecular weight is 399 g/mol. The number of ether oxygens (including phenoxy) is 3. The van der Waals surface area contributed by atoms with E-state index in [4.69, 9.17) is 19.3 Å². The minimum atomic E-state index is -0.782. The maximum absolute atomic E-state index is 10.7. The van der Waals surface area contributed by atoms with Gasteiger partial charge in [0.05, 0.1) is 13.2 Å². The summed E-state index contributed by atoms with van der Waals surface area (Å²) in [5.74, 6) is 0.873. The SMILES string of the molecule is Cc1cc(CCC(=O)O)ccc1OCc1cccc(OCCN2CCOCC2)c1. The molecule has 6 nitrogen and oxygen atoms in total. The number of hydrogen-bond donors (Lipinski definition) is 1. The number of nitrogens with zero attached hydrogens (tertiary/aromatic N) is 1. The quantitative estimate of drug-likeness (QED) is 0.661. The summed E-state index contributed by atoms with van der Waals surface area (Å²) in [5.41, 5.74) is 3.06. The van der Waals surface area contributed by atoms with Gasteiger partial charge in [0.25, 0.3) is 0 Å². The van der Waals surface area contributed by atoms with Crippen molar-refractivity contribution in [1.82, 2.24) is 4.90 Å². The molecule has 3 rings (SSSR count). The number of morpholine rings is 1. The fourth-order valence-corrected chi connectivity index (χ4v) is 3.28. The minimum Gasteiger partial charge on any atom is -0.492 e. The molecule has 156 valence electrons. The van der Waals surface area contributed by atoms with E-state index in [-0.39, 0.29) is 6.42 Å². The second-order valence-electron chi connectivity index (χ2n) is 7.23. The second kappa shape index (κ2) is 10.8. The predicted molar refractivity (Wildman–Crippen MR) is 111 cm³/mol. The summed E-state index contributed by atoms with van der Waals surface area (Å²) < 4.78 is 17.2. The maximum Gasteiger partial charge on any atom is 0.303 e. The van der Waals surface area contributed by atoms with Crippen LogP contribution in [0.4, 0.5) is 0 Å². The number of carboxylic acids is 1. The van der Waals surface area contributed by atoms with Crippen LogP contribution < -0.4 is 9.47 Å². The number of rotatable bonds is 10. The van der Waals surface area contributed by atoms with Gasteiger partial charge in [0.2, 0.25) is 0 Å². The van der Waals surface area contributed by atoms with Crippen LogP contribution in [-0.4, -0.2) is 55.4 Å². The molecule has 2 aromatic carbocycles. The van der Waals surface area contributed by atoms with Crippen molar-refractivity contribution < 1.29 is 24.1 Å². The molecular formula is C23H29NO5. The summed E-state index contributed by atoms with van der Waals surface area (Å²) in [6, 6.07) is 13.8. The Morgan fingerprint density at radius 1 is 1.10 bits per heavy atom. The fraction of sp³-hybridized carbons (Fsp3) is 0.435. The van der Waals surface area contributed by atoms with Gasteiger partial charge >= 0.3 is 5.97 Å². The Kier molecular flexibility index (Phi) is 7.90. The van der Waals surface area contributed by atoms with Crippen LogP contribution in [-0.2, 0) is 22.6 Å². The highest BCUT2D eigenvalue weighted by Gasteiger charge is 2.10. The van der Waals surface area contributed by atoms with E-state index in [0.717, 1.165) is 61.0 Å². The van der Waals surface area contributed by atoms with Crippen molar-refractivity contribution in [1.29, 1.82) is 0 Å². The molecule has 6 heteroatoms. The first-order chi connectivity index (χ1) is 14.1. The van der Waals surface area contributed by atoms with Gasteiger partial charge in [0.1, 0.15) is 24.7 Å². The van der Waals surface area contributed by atoms with Gasteiger partial charge in [0, 0.05) is 26.1 Å². The van der Waals surface area contributed by atoms with E-state index >= 15 is 0 Å². The molecule has 2 aromatic rings. The molecule has 0 aliphatic carbocycles. The van der Waals surface area contributed by atoms with Crippen molar-refractivity contribution in [3.05, 3.63) is 59.2 Å². The van der Waals surface area contributed by atoms with E-state index in [1.54, 1.807) is 0 Å². The van der Waals surface area contributed by atoms with Crippen molar-refractivity contribution in [2.45, 2.75) is 26.4 Å². The molecular weight excluding hydrogens is 370 g/mol. The third-order valence-corrected chi connectivity index (χ3v) is 4.94. The highest BCUT2D eigenvalue weighted by Crippen LogP contribution is 2.22. The van der Waals surface area contributed by atoms with Gasteiger partial charge in [-0.05, 0) is 48.2 Å². The van der Waals surface area contributed by atoms with Gasteiger partial charge in [-0.15, -0.1) is 0 Å². The van der Waals surface area contributed by atoms with Crippen LogP contribution in [0.1, 0.15) is 23.1 Å². The standard InChI is InChI=1S/C23H29NO5/c1-18-15-19(6-8-23(25)26)5-7-22(18)29-17-20-3-2-4-21(16-20)28-14-11-24-9-12-27-13-10-24/h2-5,7,15-16H,6,8-14,17H2,1H3,(H,25,26). The Labute approximate surface area is 172 Å². The number of aliphatic carboxylic acids is 1. The Morgan fingerprint density at radius 2 is 1.93 bits per heavy atom. The fourth-order valence-electron chi connectivity index (χ4n) is 3.28. The summed E-state index contributed by atoms with van der Waals surface area (Å²) in [7, 11) is 0. The van der Waals surface area contributed by atoms with Crippen molar-refractivity contribution >= 4 is 5.97 Å². The molecule has 0 spiro atoms. The van der Waals surface area contributed by atoms with Gasteiger partial charge in [0.15, 0.2) is 0 Å². The van der Waals surface area contributed by atoms with Crippen LogP contribution >= 0.6 is 0 Å². The lowest BCUT2D eigenvalue weighted by Crippen LogP contribution is -2.38. The van der Waals surface area contributed by atoms with Crippen LogP contribution in [0.15, 0.2) is 42.5 Å². The van der Waals surface area contributed by atoms with Gasteiger partial charge in [-0.25, -0.2) is 0 Å². The topological polar surface area (TPSA) is 68.2 Å². The van der Waals surface area contributed by atoms with E-state index in [1.807, 2.05) is 49.4 Å². The summed E-state index contributed by atoms with van der Waals surface area (Å²) in [6.07, 6.45) is 0.665. The second-order valence-corrected chi connectivity index (χ2v) is 7.23. The zero-order valence-electron chi connectivity index (χ0n) is 16.9. The largest absolute Gasteiger partial charge is 0.492 e. The molecule has 29 heavy (non-hydrogen) atoms. The van der Waals surface area contributed by atoms with Crippen LogP contribution in [0.2, 0.25) is 0 Å². The smallest absolute Gasteiger partial charge is 0.303 e. The molecule has 0 radical (unpaired) electrons. The Hall–Kier alpha value is -2.57. The van der Waals surface area contributed by atoms with Crippen molar-refractivity contribution in [3.63, 3.8) is 0 Å². The van der Waals surface area contributed by atoms with Crippen molar-refractivity contribution in [3.8, 4) is 11.5 Å². The lowest BCUT2D eigenvalue weighted by Gasteiger charge is -2.26. The first kappa shape index (κ1) is 21.1. The molecule has 0 atom stereocenters. The maximum atomic E-state index is 10.7. The Bertz CT molecular complexity index is 802. The third kappa shape index (κ3) is 7.07. The lowest BCUT2D eigenvalue weighted by atomic mass is 10.1. The van der Waals surface area contributed by atoms with Crippen molar-refractivity contribution in [2.24, 2.45) is 0 Å². The predicted octanol–water partition coefficient (Wildman–Crippen LogP) is 3.30. The van der Waals surface area contributed by atoms with Crippen LogP contribution in [0.5, 0.6) is 11.5 Å². The zero-order chi connectivity index (χ0) is 20.5. The molecule has 0 bridgehead atoms. The van der Waals surface area contributed by atoms with E-state index in [2.05, 4.69) is 4.90 Å². The monoisotopic (exact) mass is 399 g/mol. The molecule has 1 N–H and O–H groups in total. The molecule has 0 aromatic heterocycles. The van der Waals surface area contributed by atoms with E-state index in [0.29, 0.717) is 19.6 Å². The molecule has 1 fully saturated rings. The Balaban J connectivity index is 1.47. The molecule has 1 aliphatic heterocycles. The first-order valence-electron chi connectivity index (χ1n) is 10.1. The first-order valence-corrected chi connectivity index (χ1v) is 10.1. The summed E-state index contributed by atoms with van der Waals surface area (Å²) in [6.45, 7) is 7.51. The molecule has 1 heterocycles. The highest BCUT2D eigenvalue weighted by atomic mass is 16.5. The molecule has 1 saturated heterocycles. The molecule has 0 amide bonds. The highest BCUT2D eigenvalue weighted by molar-refractivity contribution is 5.67. The summed E-state index contributed by atoms with van der Waals surface area (Å²) in [5, 5.41) is 8.81. The number of aryl methyl sites for hydroxylation is 2. The zero-order valence-corrected chi connectivity index (χ0v) is 16.9. The normalized spacial score (nSPS) is 14.5. The van der Waals surface area contributed by atoms with Crippen LogP contribution in [0.25, 0.3) is 0 Å². The number of benzene rings is 2. The van der Waals surface area contributed by atoms with Crippen molar-refractivity contribution in [2.75, 3.05) is 39.5 Å². The molecule has 0 saturated carbocycles. The van der Waals surface area contributed by atoms with Gasteiger partial charge in [-0.2, -0.15) is 0 Å². The Morgan fingerprint density at radius 3 is 2.69 bits per heavy atom. The van der Waals surface area contributed by atoms with Gasteiger partial charge in [-0.1, -0.05) is 24.3 Å². The summed E-state index contributed by atoms with van der Waals surface area (Å²) in [4.78, 5) is 13.1. The van der Waals surface area contributed by atoms with E-state index < -0.39 is 5.97 Å². The van der Waals surface area contributed by atoms with Gasteiger partial charge in [-0.3, -0.25) is 9.69 Å². The molecule has 0 unspecified atom stereocenters. The van der Waals surface area contributed by atoms with Crippen LogP contribution in [0, 0.1) is 6.92 Å². The van der Waals surface area contributed by atoms with Gasteiger partial charge < -0.3 is 19.3 Å². The number of hydrogen-bond acceptors (Lipinski definition) is 5. The van der Waals surface area contributed by atoms with Crippen LogP contribution in [0.3, 0.4) is 0 Å². The third-order valence-electron chi connectivity index (χ3n) is 4.94. The number of carboxylic acid groups (broad SMARTS) is 1. The average Bonchev–Trinajstić information content (AvgIpc) is 2.73. The molecule has 1 aliphatic rings. The van der Waals surface area contributed by atoms with E-state index in [1.165, 1.54) is 0 Å².